The number of carbonyl (C=O) groups excluding carboxylic acids is 1. The Bertz CT molecular complexity index is 969. The van der Waals surface area contributed by atoms with E-state index in [9.17, 15) is 4.79 Å². The van der Waals surface area contributed by atoms with Crippen molar-refractivity contribution < 1.29 is 14.3 Å². The number of hydrogen-bond donors (Lipinski definition) is 2. The molecule has 0 aliphatic rings. The number of aromatic amines is 1. The molecule has 2 N–H and O–H groups in total. The second-order valence-electron chi connectivity index (χ2n) is 7.49. The third kappa shape index (κ3) is 4.71. The van der Waals surface area contributed by atoms with Crippen LogP contribution in [-0.4, -0.2) is 29.3 Å². The number of anilines is 1. The van der Waals surface area contributed by atoms with Crippen LogP contribution in [0, 0.1) is 0 Å². The first-order valence-corrected chi connectivity index (χ1v) is 9.12. The number of H-pyrrole nitrogens is 1. The van der Waals surface area contributed by atoms with E-state index in [0.29, 0.717) is 23.9 Å². The van der Waals surface area contributed by atoms with Gasteiger partial charge in [-0.05, 0) is 41.3 Å². The standard InChI is InChI=1S/C22H25N3O3/c1-5-12-27-17-10-11-19-18(13-17)21(25-24-19)23-20(26)14-28-16-8-6-15(7-9-16)22(2,3)4/h5-11,13H,1,12,14H2,2-4H3,(H2,23,24,25,26). The Balaban J connectivity index is 1.62. The maximum atomic E-state index is 12.3. The summed E-state index contributed by atoms with van der Waals surface area (Å²) in [6, 6.07) is 13.3. The van der Waals surface area contributed by atoms with Gasteiger partial charge < -0.3 is 14.8 Å². The minimum absolute atomic E-state index is 0.0746. The van der Waals surface area contributed by atoms with Crippen LogP contribution in [0.1, 0.15) is 26.3 Å². The van der Waals surface area contributed by atoms with E-state index in [-0.39, 0.29) is 17.9 Å². The molecule has 1 heterocycles. The van der Waals surface area contributed by atoms with E-state index in [4.69, 9.17) is 9.47 Å². The molecule has 0 aliphatic carbocycles. The molecule has 3 rings (SSSR count). The lowest BCUT2D eigenvalue weighted by Gasteiger charge is -2.19. The summed E-state index contributed by atoms with van der Waals surface area (Å²) >= 11 is 0. The van der Waals surface area contributed by atoms with Crippen molar-refractivity contribution in [3.63, 3.8) is 0 Å². The van der Waals surface area contributed by atoms with Crippen LogP contribution < -0.4 is 14.8 Å². The van der Waals surface area contributed by atoms with Gasteiger partial charge in [-0.1, -0.05) is 45.6 Å². The average Bonchev–Trinajstić information content (AvgIpc) is 3.06. The van der Waals surface area contributed by atoms with Gasteiger partial charge in [0.25, 0.3) is 5.91 Å². The maximum absolute atomic E-state index is 12.3. The summed E-state index contributed by atoms with van der Waals surface area (Å²) < 4.78 is 11.1. The average molecular weight is 379 g/mol. The highest BCUT2D eigenvalue weighted by Crippen LogP contribution is 2.26. The lowest BCUT2D eigenvalue weighted by Crippen LogP contribution is -2.20. The second kappa shape index (κ2) is 8.17. The lowest BCUT2D eigenvalue weighted by atomic mass is 9.87. The Morgan fingerprint density at radius 2 is 1.86 bits per heavy atom. The van der Waals surface area contributed by atoms with Gasteiger partial charge in [0.1, 0.15) is 18.1 Å². The molecule has 1 amide bonds. The summed E-state index contributed by atoms with van der Waals surface area (Å²) in [6.07, 6.45) is 1.67. The number of nitrogens with zero attached hydrogens (tertiary/aromatic N) is 1. The molecule has 6 nitrogen and oxygen atoms in total. The predicted octanol–water partition coefficient (Wildman–Crippen LogP) is 4.44. The van der Waals surface area contributed by atoms with E-state index in [1.807, 2.05) is 42.5 Å². The number of amides is 1. The molecule has 0 radical (unpaired) electrons. The van der Waals surface area contributed by atoms with Crippen LogP contribution in [0.3, 0.4) is 0 Å². The highest BCUT2D eigenvalue weighted by molar-refractivity contribution is 6.00. The van der Waals surface area contributed by atoms with Crippen molar-refractivity contribution in [3.05, 3.63) is 60.7 Å². The van der Waals surface area contributed by atoms with Crippen molar-refractivity contribution in [2.45, 2.75) is 26.2 Å². The number of rotatable bonds is 7. The molecular weight excluding hydrogens is 354 g/mol. The summed E-state index contributed by atoms with van der Waals surface area (Å²) in [5.74, 6) is 1.48. The molecular formula is C22H25N3O3. The van der Waals surface area contributed by atoms with Crippen LogP contribution in [0.5, 0.6) is 11.5 Å². The summed E-state index contributed by atoms with van der Waals surface area (Å²) in [5, 5.41) is 10.6. The highest BCUT2D eigenvalue weighted by Gasteiger charge is 2.14. The minimum atomic E-state index is -0.286. The number of fused-ring (bicyclic) bond motifs is 1. The fourth-order valence-corrected chi connectivity index (χ4v) is 2.70. The zero-order valence-corrected chi connectivity index (χ0v) is 16.4. The number of benzene rings is 2. The van der Waals surface area contributed by atoms with E-state index in [2.05, 4.69) is 42.9 Å². The van der Waals surface area contributed by atoms with Crippen molar-refractivity contribution in [2.75, 3.05) is 18.5 Å². The van der Waals surface area contributed by atoms with Crippen LogP contribution in [0.2, 0.25) is 0 Å². The first-order valence-electron chi connectivity index (χ1n) is 9.12. The molecule has 0 bridgehead atoms. The SMILES string of the molecule is C=CCOc1ccc2[nH]nc(NC(=O)COc3ccc(C(C)(C)C)cc3)c2c1. The molecule has 6 heteroatoms. The fraction of sp³-hybridized carbons (Fsp3) is 0.273. The van der Waals surface area contributed by atoms with Crippen LogP contribution in [0.25, 0.3) is 10.9 Å². The molecule has 0 saturated heterocycles. The van der Waals surface area contributed by atoms with Crippen molar-refractivity contribution in [1.29, 1.82) is 0 Å². The molecule has 146 valence electrons. The summed E-state index contributed by atoms with van der Waals surface area (Å²) in [6.45, 7) is 10.4. The Hall–Kier alpha value is -3.28. The zero-order chi connectivity index (χ0) is 20.1. The molecule has 0 saturated carbocycles. The monoisotopic (exact) mass is 379 g/mol. The first kappa shape index (κ1) is 19.5. The topological polar surface area (TPSA) is 76.2 Å². The molecule has 1 aromatic heterocycles. The van der Waals surface area contributed by atoms with Crippen LogP contribution >= 0.6 is 0 Å². The lowest BCUT2D eigenvalue weighted by molar-refractivity contribution is -0.118. The summed E-state index contributed by atoms with van der Waals surface area (Å²) in [5.41, 5.74) is 2.09. The van der Waals surface area contributed by atoms with Gasteiger partial charge in [0, 0.05) is 5.39 Å². The van der Waals surface area contributed by atoms with Gasteiger partial charge in [0.05, 0.1) is 5.52 Å². The highest BCUT2D eigenvalue weighted by atomic mass is 16.5. The molecule has 0 spiro atoms. The van der Waals surface area contributed by atoms with Crippen molar-refractivity contribution in [1.82, 2.24) is 10.2 Å². The van der Waals surface area contributed by atoms with Crippen molar-refractivity contribution in [2.24, 2.45) is 0 Å². The number of carbonyl (C=O) groups is 1. The maximum Gasteiger partial charge on any atom is 0.263 e. The number of ether oxygens (including phenoxy) is 2. The number of hydrogen-bond acceptors (Lipinski definition) is 4. The normalized spacial score (nSPS) is 11.2. The van der Waals surface area contributed by atoms with Crippen LogP contribution in [0.15, 0.2) is 55.1 Å². The smallest absolute Gasteiger partial charge is 0.263 e. The predicted molar refractivity (Wildman–Crippen MR) is 111 cm³/mol. The summed E-state index contributed by atoms with van der Waals surface area (Å²) in [4.78, 5) is 12.3. The van der Waals surface area contributed by atoms with Gasteiger partial charge in [-0.25, -0.2) is 0 Å². The number of nitrogens with one attached hydrogen (secondary N) is 2. The van der Waals surface area contributed by atoms with E-state index >= 15 is 0 Å². The third-order valence-electron chi connectivity index (χ3n) is 4.25. The van der Waals surface area contributed by atoms with Crippen molar-refractivity contribution >= 4 is 22.6 Å². The van der Waals surface area contributed by atoms with E-state index in [0.717, 1.165) is 10.9 Å². The van der Waals surface area contributed by atoms with Gasteiger partial charge in [-0.15, -0.1) is 0 Å². The van der Waals surface area contributed by atoms with Crippen LogP contribution in [-0.2, 0) is 10.2 Å². The van der Waals surface area contributed by atoms with Gasteiger partial charge in [-0.2, -0.15) is 5.10 Å². The molecule has 0 aliphatic heterocycles. The first-order chi connectivity index (χ1) is 13.4. The number of aromatic nitrogens is 2. The molecule has 2 aromatic carbocycles. The molecule has 0 atom stereocenters. The van der Waals surface area contributed by atoms with Gasteiger partial charge in [0.2, 0.25) is 0 Å². The summed E-state index contributed by atoms with van der Waals surface area (Å²) in [7, 11) is 0. The third-order valence-corrected chi connectivity index (χ3v) is 4.25. The molecule has 0 fully saturated rings. The van der Waals surface area contributed by atoms with Crippen LogP contribution in [0.4, 0.5) is 5.82 Å². The minimum Gasteiger partial charge on any atom is -0.490 e. The van der Waals surface area contributed by atoms with E-state index in [1.165, 1.54) is 5.56 Å². The molecule has 3 aromatic rings. The Morgan fingerprint density at radius 1 is 1.14 bits per heavy atom. The Labute approximate surface area is 164 Å². The Kier molecular flexibility index (Phi) is 5.68. The fourth-order valence-electron chi connectivity index (χ4n) is 2.70. The quantitative estimate of drug-likeness (QED) is 0.595. The Morgan fingerprint density at radius 3 is 2.54 bits per heavy atom. The largest absolute Gasteiger partial charge is 0.490 e. The van der Waals surface area contributed by atoms with E-state index in [1.54, 1.807) is 6.08 Å². The second-order valence-corrected chi connectivity index (χ2v) is 7.49. The van der Waals surface area contributed by atoms with Gasteiger partial charge in [-0.3, -0.25) is 9.89 Å². The van der Waals surface area contributed by atoms with Gasteiger partial charge >= 0.3 is 0 Å². The van der Waals surface area contributed by atoms with E-state index < -0.39 is 0 Å². The molecule has 0 unspecified atom stereocenters. The molecule has 28 heavy (non-hydrogen) atoms. The zero-order valence-electron chi connectivity index (χ0n) is 16.4. The van der Waals surface area contributed by atoms with Gasteiger partial charge in [0.15, 0.2) is 12.4 Å². The van der Waals surface area contributed by atoms with Crippen molar-refractivity contribution in [3.8, 4) is 11.5 Å².